The Kier molecular flexibility index (Phi) is 4.07. The van der Waals surface area contributed by atoms with Gasteiger partial charge in [0.15, 0.2) is 0 Å². The molecule has 2 aromatic rings. The average Bonchev–Trinajstić information content (AvgIpc) is 3.28. The van der Waals surface area contributed by atoms with Crippen LogP contribution in [0.3, 0.4) is 0 Å². The number of likely N-dealkylation sites (tertiary alicyclic amines) is 1. The number of carbonyl (C=O) groups excluding carboxylic acids is 2. The van der Waals surface area contributed by atoms with E-state index in [4.69, 9.17) is 0 Å². The van der Waals surface area contributed by atoms with Crippen LogP contribution in [0.1, 0.15) is 29.8 Å². The summed E-state index contributed by atoms with van der Waals surface area (Å²) in [5.41, 5.74) is 1.11. The molecular weight excluding hydrogens is 334 g/mol. The van der Waals surface area contributed by atoms with Crippen molar-refractivity contribution in [2.24, 2.45) is 12.5 Å². The van der Waals surface area contributed by atoms with Gasteiger partial charge in [0.25, 0.3) is 5.91 Å². The van der Waals surface area contributed by atoms with Gasteiger partial charge in [0, 0.05) is 32.9 Å². The SMILES string of the molecule is Cn1cccc1-c1cc(C(=O)N2CC[C@H](O)[C@@]3(CCCNC3=O)C2)[nH]n1. The van der Waals surface area contributed by atoms with Gasteiger partial charge in [-0.25, -0.2) is 0 Å². The highest BCUT2D eigenvalue weighted by molar-refractivity contribution is 5.94. The molecule has 0 unspecified atom stereocenters. The van der Waals surface area contributed by atoms with Gasteiger partial charge in [-0.2, -0.15) is 5.10 Å². The summed E-state index contributed by atoms with van der Waals surface area (Å²) >= 11 is 0. The fraction of sp³-hybridized carbons (Fsp3) is 0.500. The van der Waals surface area contributed by atoms with Crippen molar-refractivity contribution < 1.29 is 14.7 Å². The van der Waals surface area contributed by atoms with E-state index in [0.29, 0.717) is 37.3 Å². The Morgan fingerprint density at radius 2 is 2.31 bits per heavy atom. The number of carbonyl (C=O) groups is 2. The normalized spacial score (nSPS) is 26.2. The minimum atomic E-state index is -0.896. The maximum atomic E-state index is 12.9. The molecule has 2 amide bonds. The molecule has 0 aromatic carbocycles. The summed E-state index contributed by atoms with van der Waals surface area (Å²) in [5.74, 6) is -0.342. The van der Waals surface area contributed by atoms with Crippen LogP contribution < -0.4 is 5.32 Å². The third-order valence-electron chi connectivity index (χ3n) is 5.62. The van der Waals surface area contributed by atoms with Gasteiger partial charge < -0.3 is 19.9 Å². The second-order valence-electron chi connectivity index (χ2n) is 7.22. The lowest BCUT2D eigenvalue weighted by Gasteiger charge is -2.46. The quantitative estimate of drug-likeness (QED) is 0.729. The Labute approximate surface area is 151 Å². The molecule has 26 heavy (non-hydrogen) atoms. The van der Waals surface area contributed by atoms with Crippen LogP contribution in [0.2, 0.25) is 0 Å². The van der Waals surface area contributed by atoms with Crippen LogP contribution >= 0.6 is 0 Å². The summed E-state index contributed by atoms with van der Waals surface area (Å²) < 4.78 is 1.93. The molecule has 2 aliphatic heterocycles. The van der Waals surface area contributed by atoms with Gasteiger partial charge >= 0.3 is 0 Å². The standard InChI is InChI=1S/C18H23N5O3/c1-22-8-2-4-14(22)12-10-13(21-20-12)16(25)23-9-5-15(24)18(11-23)6-3-7-19-17(18)26/h2,4,8,10,15,24H,3,5-7,9,11H2,1H3,(H,19,26)(H,20,21)/t15-,18+/m0/s1. The van der Waals surface area contributed by atoms with Crippen molar-refractivity contribution in [2.75, 3.05) is 19.6 Å². The van der Waals surface area contributed by atoms with Gasteiger partial charge in [-0.3, -0.25) is 14.7 Å². The summed E-state index contributed by atoms with van der Waals surface area (Å²) in [6.07, 6.45) is 3.02. The minimum Gasteiger partial charge on any atom is -0.392 e. The number of aromatic amines is 1. The van der Waals surface area contributed by atoms with E-state index in [2.05, 4.69) is 15.5 Å². The van der Waals surface area contributed by atoms with Gasteiger partial charge in [-0.05, 0) is 37.5 Å². The molecule has 0 aliphatic carbocycles. The summed E-state index contributed by atoms with van der Waals surface area (Å²) in [5, 5.41) is 20.4. The monoisotopic (exact) mass is 357 g/mol. The zero-order valence-corrected chi connectivity index (χ0v) is 14.7. The number of aliphatic hydroxyl groups is 1. The molecule has 2 aliphatic rings. The topological polar surface area (TPSA) is 103 Å². The number of nitrogens with zero attached hydrogens (tertiary/aromatic N) is 3. The number of aliphatic hydroxyl groups excluding tert-OH is 1. The lowest BCUT2D eigenvalue weighted by atomic mass is 9.71. The second-order valence-corrected chi connectivity index (χ2v) is 7.22. The number of hydrogen-bond donors (Lipinski definition) is 3. The number of aryl methyl sites for hydroxylation is 1. The number of H-pyrrole nitrogens is 1. The molecule has 4 rings (SSSR count). The molecule has 0 radical (unpaired) electrons. The first-order valence-corrected chi connectivity index (χ1v) is 8.94. The Morgan fingerprint density at radius 1 is 1.46 bits per heavy atom. The molecule has 4 heterocycles. The maximum Gasteiger partial charge on any atom is 0.271 e. The maximum absolute atomic E-state index is 12.9. The third-order valence-corrected chi connectivity index (χ3v) is 5.62. The molecule has 2 aromatic heterocycles. The molecule has 8 heteroatoms. The first-order valence-electron chi connectivity index (χ1n) is 8.94. The van der Waals surface area contributed by atoms with E-state index in [1.807, 2.05) is 29.9 Å². The van der Waals surface area contributed by atoms with E-state index in [-0.39, 0.29) is 18.4 Å². The predicted octanol–water partition coefficient (Wildman–Crippen LogP) is 0.518. The van der Waals surface area contributed by atoms with Gasteiger partial charge in [-0.15, -0.1) is 0 Å². The van der Waals surface area contributed by atoms with E-state index in [1.54, 1.807) is 11.0 Å². The molecule has 2 atom stereocenters. The van der Waals surface area contributed by atoms with Gasteiger partial charge in [0.2, 0.25) is 5.91 Å². The van der Waals surface area contributed by atoms with Crippen LogP contribution in [0.15, 0.2) is 24.4 Å². The molecular formula is C18H23N5O3. The number of nitrogens with one attached hydrogen (secondary N) is 2. The molecule has 2 saturated heterocycles. The van der Waals surface area contributed by atoms with Crippen molar-refractivity contribution >= 4 is 11.8 Å². The van der Waals surface area contributed by atoms with Crippen LogP contribution in [0.25, 0.3) is 11.4 Å². The largest absolute Gasteiger partial charge is 0.392 e. The second kappa shape index (κ2) is 6.28. The predicted molar refractivity (Wildman–Crippen MR) is 94.2 cm³/mol. The number of aromatic nitrogens is 3. The molecule has 2 fully saturated rings. The van der Waals surface area contributed by atoms with E-state index < -0.39 is 11.5 Å². The highest BCUT2D eigenvalue weighted by Gasteiger charge is 2.50. The van der Waals surface area contributed by atoms with E-state index in [0.717, 1.165) is 12.1 Å². The minimum absolute atomic E-state index is 0.150. The van der Waals surface area contributed by atoms with Crippen LogP contribution in [-0.2, 0) is 11.8 Å². The highest BCUT2D eigenvalue weighted by Crippen LogP contribution is 2.37. The average molecular weight is 357 g/mol. The Morgan fingerprint density at radius 3 is 3.04 bits per heavy atom. The molecule has 0 bridgehead atoms. The van der Waals surface area contributed by atoms with Crippen LogP contribution in [-0.4, -0.2) is 62.3 Å². The van der Waals surface area contributed by atoms with Crippen molar-refractivity contribution in [1.82, 2.24) is 25.0 Å². The molecule has 8 nitrogen and oxygen atoms in total. The van der Waals surface area contributed by atoms with Crippen molar-refractivity contribution in [3.8, 4) is 11.4 Å². The Hall–Kier alpha value is -2.61. The summed E-state index contributed by atoms with van der Waals surface area (Å²) in [6.45, 7) is 1.28. The van der Waals surface area contributed by atoms with Gasteiger partial charge in [0.05, 0.1) is 17.2 Å². The van der Waals surface area contributed by atoms with Crippen molar-refractivity contribution in [2.45, 2.75) is 25.4 Å². The van der Waals surface area contributed by atoms with Crippen molar-refractivity contribution in [1.29, 1.82) is 0 Å². The van der Waals surface area contributed by atoms with Crippen molar-refractivity contribution in [3.63, 3.8) is 0 Å². The van der Waals surface area contributed by atoms with E-state index >= 15 is 0 Å². The molecule has 0 saturated carbocycles. The summed E-state index contributed by atoms with van der Waals surface area (Å²) in [7, 11) is 1.92. The summed E-state index contributed by atoms with van der Waals surface area (Å²) in [4.78, 5) is 27.0. The molecule has 138 valence electrons. The van der Waals surface area contributed by atoms with Crippen molar-refractivity contribution in [3.05, 3.63) is 30.1 Å². The van der Waals surface area contributed by atoms with E-state index in [9.17, 15) is 14.7 Å². The smallest absolute Gasteiger partial charge is 0.271 e. The van der Waals surface area contributed by atoms with E-state index in [1.165, 1.54) is 0 Å². The molecule has 1 spiro atoms. The highest BCUT2D eigenvalue weighted by atomic mass is 16.3. The first-order chi connectivity index (χ1) is 12.5. The number of amides is 2. The first kappa shape index (κ1) is 16.8. The fourth-order valence-electron chi connectivity index (χ4n) is 4.08. The van der Waals surface area contributed by atoms with Gasteiger partial charge in [-0.1, -0.05) is 0 Å². The number of rotatable bonds is 2. The Bertz CT molecular complexity index is 842. The van der Waals surface area contributed by atoms with Crippen LogP contribution in [0, 0.1) is 5.41 Å². The third kappa shape index (κ3) is 2.61. The van der Waals surface area contributed by atoms with Gasteiger partial charge in [0.1, 0.15) is 11.4 Å². The zero-order chi connectivity index (χ0) is 18.3. The lowest BCUT2D eigenvalue weighted by molar-refractivity contribution is -0.147. The van der Waals surface area contributed by atoms with Crippen LogP contribution in [0.5, 0.6) is 0 Å². The number of hydrogen-bond acceptors (Lipinski definition) is 4. The van der Waals surface area contributed by atoms with Crippen LogP contribution in [0.4, 0.5) is 0 Å². The fourth-order valence-corrected chi connectivity index (χ4v) is 4.08. The zero-order valence-electron chi connectivity index (χ0n) is 14.7. The number of piperidine rings is 2. The Balaban J connectivity index is 1.56. The summed E-state index contributed by atoms with van der Waals surface area (Å²) in [6, 6.07) is 5.59. The molecule has 3 N–H and O–H groups in total. The lowest BCUT2D eigenvalue weighted by Crippen LogP contribution is -2.62.